The van der Waals surface area contributed by atoms with Crippen LogP contribution in [0.15, 0.2) is 42.5 Å². The van der Waals surface area contributed by atoms with Crippen molar-refractivity contribution < 1.29 is 4.39 Å². The van der Waals surface area contributed by atoms with E-state index in [0.29, 0.717) is 0 Å². The summed E-state index contributed by atoms with van der Waals surface area (Å²) in [4.78, 5) is 0. The molecular weight excluding hydrogens is 249 g/mol. The Labute approximate surface area is 119 Å². The second-order valence-corrected chi connectivity index (χ2v) is 5.85. The molecule has 0 fully saturated rings. The van der Waals surface area contributed by atoms with E-state index >= 15 is 0 Å². The molecule has 0 radical (unpaired) electrons. The van der Waals surface area contributed by atoms with Gasteiger partial charge in [-0.25, -0.2) is 4.39 Å². The maximum atomic E-state index is 13.8. The highest BCUT2D eigenvalue weighted by molar-refractivity contribution is 5.44. The van der Waals surface area contributed by atoms with Gasteiger partial charge in [-0.05, 0) is 60.6 Å². The molecule has 20 heavy (non-hydrogen) atoms. The molecular formula is C18H20FN. The third kappa shape index (κ3) is 2.25. The lowest BCUT2D eigenvalue weighted by molar-refractivity contribution is 0.475. The average Bonchev–Trinajstić information content (AvgIpc) is 2.59. The Bertz CT molecular complexity index is 615. The fraction of sp³-hybridized carbons (Fsp3) is 0.333. The predicted molar refractivity (Wildman–Crippen MR) is 80.1 cm³/mol. The van der Waals surface area contributed by atoms with Gasteiger partial charge in [-0.1, -0.05) is 36.8 Å². The molecule has 3 rings (SSSR count). The minimum atomic E-state index is -0.569. The first-order valence-corrected chi connectivity index (χ1v) is 7.24. The topological polar surface area (TPSA) is 26.0 Å². The van der Waals surface area contributed by atoms with E-state index in [1.807, 2.05) is 19.1 Å². The van der Waals surface area contributed by atoms with Gasteiger partial charge < -0.3 is 5.73 Å². The molecule has 1 nitrogen and oxygen atoms in total. The molecule has 0 bridgehead atoms. The molecule has 0 saturated heterocycles. The standard InChI is InChI=1S/C18H20FN/c1-13-10-15(12-16(19)11-13)18(20)9-5-4-7-14-6-2-3-8-17(14)18/h2-3,6,8,10-12H,4-5,7,9,20H2,1H3. The Morgan fingerprint density at radius 1 is 1.10 bits per heavy atom. The Morgan fingerprint density at radius 2 is 1.90 bits per heavy atom. The molecule has 0 aliphatic heterocycles. The van der Waals surface area contributed by atoms with Crippen LogP contribution in [0.5, 0.6) is 0 Å². The Balaban J connectivity index is 2.19. The molecule has 104 valence electrons. The summed E-state index contributed by atoms with van der Waals surface area (Å²) < 4.78 is 13.8. The van der Waals surface area contributed by atoms with Gasteiger partial charge >= 0.3 is 0 Å². The van der Waals surface area contributed by atoms with E-state index in [1.54, 1.807) is 12.1 Å². The SMILES string of the molecule is Cc1cc(F)cc(C2(N)CCCCc3ccccc32)c1. The molecule has 2 aromatic carbocycles. The normalized spacial score (nSPS) is 22.1. The van der Waals surface area contributed by atoms with Crippen LogP contribution in [-0.2, 0) is 12.0 Å². The zero-order chi connectivity index (χ0) is 14.2. The molecule has 0 heterocycles. The highest BCUT2D eigenvalue weighted by Gasteiger charge is 2.33. The van der Waals surface area contributed by atoms with Crippen molar-refractivity contribution in [3.05, 3.63) is 70.5 Å². The van der Waals surface area contributed by atoms with Crippen LogP contribution in [0.1, 0.15) is 41.5 Å². The van der Waals surface area contributed by atoms with E-state index in [9.17, 15) is 4.39 Å². The monoisotopic (exact) mass is 269 g/mol. The summed E-state index contributed by atoms with van der Waals surface area (Å²) in [6.07, 6.45) is 4.14. The molecule has 2 heteroatoms. The van der Waals surface area contributed by atoms with Crippen LogP contribution in [-0.4, -0.2) is 0 Å². The van der Waals surface area contributed by atoms with Crippen LogP contribution in [0.2, 0.25) is 0 Å². The van der Waals surface area contributed by atoms with Crippen LogP contribution >= 0.6 is 0 Å². The predicted octanol–water partition coefficient (Wildman–Crippen LogP) is 4.06. The lowest BCUT2D eigenvalue weighted by Crippen LogP contribution is -2.38. The quantitative estimate of drug-likeness (QED) is 0.776. The molecule has 1 aliphatic rings. The number of nitrogens with two attached hydrogens (primary N) is 1. The van der Waals surface area contributed by atoms with Crippen LogP contribution in [0.4, 0.5) is 4.39 Å². The van der Waals surface area contributed by atoms with Crippen molar-refractivity contribution in [3.8, 4) is 0 Å². The van der Waals surface area contributed by atoms with Gasteiger partial charge in [0.15, 0.2) is 0 Å². The summed E-state index contributed by atoms with van der Waals surface area (Å²) in [5.41, 5.74) is 10.5. The summed E-state index contributed by atoms with van der Waals surface area (Å²) in [5, 5.41) is 0. The van der Waals surface area contributed by atoms with Crippen LogP contribution in [0.25, 0.3) is 0 Å². The van der Waals surface area contributed by atoms with Crippen molar-refractivity contribution >= 4 is 0 Å². The summed E-state index contributed by atoms with van der Waals surface area (Å²) >= 11 is 0. The largest absolute Gasteiger partial charge is 0.318 e. The van der Waals surface area contributed by atoms with Crippen molar-refractivity contribution in [2.75, 3.05) is 0 Å². The molecule has 0 aromatic heterocycles. The Morgan fingerprint density at radius 3 is 2.70 bits per heavy atom. The van der Waals surface area contributed by atoms with Gasteiger partial charge in [-0.2, -0.15) is 0 Å². The first-order chi connectivity index (χ1) is 9.59. The van der Waals surface area contributed by atoms with Gasteiger partial charge in [0.1, 0.15) is 5.82 Å². The van der Waals surface area contributed by atoms with E-state index in [2.05, 4.69) is 18.2 Å². The summed E-state index contributed by atoms with van der Waals surface area (Å²) in [7, 11) is 0. The first-order valence-electron chi connectivity index (χ1n) is 7.24. The van der Waals surface area contributed by atoms with Crippen molar-refractivity contribution in [1.82, 2.24) is 0 Å². The number of aryl methyl sites for hydroxylation is 2. The van der Waals surface area contributed by atoms with E-state index in [1.165, 1.54) is 5.56 Å². The molecule has 2 N–H and O–H groups in total. The van der Waals surface area contributed by atoms with Crippen molar-refractivity contribution in [2.24, 2.45) is 5.73 Å². The fourth-order valence-corrected chi connectivity index (χ4v) is 3.32. The number of rotatable bonds is 1. The van der Waals surface area contributed by atoms with Gasteiger partial charge in [0, 0.05) is 0 Å². The highest BCUT2D eigenvalue weighted by atomic mass is 19.1. The van der Waals surface area contributed by atoms with E-state index in [4.69, 9.17) is 5.73 Å². The van der Waals surface area contributed by atoms with Gasteiger partial charge in [-0.3, -0.25) is 0 Å². The summed E-state index contributed by atoms with van der Waals surface area (Å²) in [6, 6.07) is 13.5. The summed E-state index contributed by atoms with van der Waals surface area (Å²) in [6.45, 7) is 1.92. The third-order valence-electron chi connectivity index (χ3n) is 4.32. The lowest BCUT2D eigenvalue weighted by Gasteiger charge is -2.31. The zero-order valence-electron chi connectivity index (χ0n) is 11.8. The molecule has 0 amide bonds. The molecule has 1 atom stereocenters. The van der Waals surface area contributed by atoms with E-state index in [0.717, 1.165) is 42.4 Å². The fourth-order valence-electron chi connectivity index (χ4n) is 3.32. The second kappa shape index (κ2) is 5.02. The molecule has 0 spiro atoms. The first kappa shape index (κ1) is 13.3. The number of hydrogen-bond acceptors (Lipinski definition) is 1. The van der Waals surface area contributed by atoms with Crippen molar-refractivity contribution in [2.45, 2.75) is 38.1 Å². The average molecular weight is 269 g/mol. The smallest absolute Gasteiger partial charge is 0.123 e. The van der Waals surface area contributed by atoms with Crippen LogP contribution < -0.4 is 5.73 Å². The molecule has 1 aliphatic carbocycles. The van der Waals surface area contributed by atoms with Crippen LogP contribution in [0.3, 0.4) is 0 Å². The van der Waals surface area contributed by atoms with Gasteiger partial charge in [0.25, 0.3) is 0 Å². The van der Waals surface area contributed by atoms with Crippen LogP contribution in [0, 0.1) is 12.7 Å². The Kier molecular flexibility index (Phi) is 3.35. The summed E-state index contributed by atoms with van der Waals surface area (Å²) in [5.74, 6) is -0.202. The maximum Gasteiger partial charge on any atom is 0.123 e. The minimum Gasteiger partial charge on any atom is -0.318 e. The number of benzene rings is 2. The second-order valence-electron chi connectivity index (χ2n) is 5.85. The molecule has 2 aromatic rings. The number of hydrogen-bond donors (Lipinski definition) is 1. The highest BCUT2D eigenvalue weighted by Crippen LogP contribution is 2.37. The number of fused-ring (bicyclic) bond motifs is 1. The van der Waals surface area contributed by atoms with Crippen molar-refractivity contribution in [1.29, 1.82) is 0 Å². The maximum absolute atomic E-state index is 13.8. The Hall–Kier alpha value is -1.67. The third-order valence-corrected chi connectivity index (χ3v) is 4.32. The minimum absolute atomic E-state index is 0.202. The van der Waals surface area contributed by atoms with E-state index in [-0.39, 0.29) is 5.82 Å². The molecule has 0 saturated carbocycles. The van der Waals surface area contributed by atoms with Gasteiger partial charge in [0.2, 0.25) is 0 Å². The zero-order valence-corrected chi connectivity index (χ0v) is 11.8. The number of halogens is 1. The van der Waals surface area contributed by atoms with E-state index < -0.39 is 5.54 Å². The lowest BCUT2D eigenvalue weighted by atomic mass is 9.79. The molecule has 1 unspecified atom stereocenters. The van der Waals surface area contributed by atoms with Gasteiger partial charge in [0.05, 0.1) is 5.54 Å². The van der Waals surface area contributed by atoms with Crippen molar-refractivity contribution in [3.63, 3.8) is 0 Å². The van der Waals surface area contributed by atoms with Gasteiger partial charge in [-0.15, -0.1) is 0 Å².